The molecule has 0 aliphatic heterocycles. The van der Waals surface area contributed by atoms with E-state index >= 15 is 0 Å². The molecule has 2 heterocycles. The molecule has 0 N–H and O–H groups in total. The zero-order chi connectivity index (χ0) is 21.5. The lowest BCUT2D eigenvalue weighted by atomic mass is 10.2. The van der Waals surface area contributed by atoms with Crippen molar-refractivity contribution >= 4 is 61.7 Å². The minimum atomic E-state index is -4.38. The van der Waals surface area contributed by atoms with Gasteiger partial charge in [-0.3, -0.25) is 0 Å². The number of halogens is 2. The van der Waals surface area contributed by atoms with Crippen LogP contribution in [0.15, 0.2) is 57.2 Å². The molecule has 0 fully saturated rings. The van der Waals surface area contributed by atoms with Crippen LogP contribution in [0.4, 0.5) is 0 Å². The molecule has 0 bridgehead atoms. The van der Waals surface area contributed by atoms with E-state index in [2.05, 4.69) is 9.72 Å². The van der Waals surface area contributed by atoms with Crippen molar-refractivity contribution in [3.63, 3.8) is 0 Å². The highest BCUT2D eigenvalue weighted by molar-refractivity contribution is 7.87. The van der Waals surface area contributed by atoms with Gasteiger partial charge in [-0.25, -0.2) is 9.78 Å². The fourth-order valence-corrected chi connectivity index (χ4v) is 5.23. The summed E-state index contributed by atoms with van der Waals surface area (Å²) < 4.78 is 41.4. The van der Waals surface area contributed by atoms with Crippen LogP contribution in [0, 0.1) is 0 Å². The molecule has 4 rings (SSSR count). The molecule has 2 aromatic heterocycles. The number of hydrogen-bond acceptors (Lipinski definition) is 8. The van der Waals surface area contributed by atoms with Crippen LogP contribution >= 0.6 is 34.5 Å². The number of hydrogen-bond donors (Lipinski definition) is 0. The largest absolute Gasteiger partial charge is 0.465 e. The zero-order valence-corrected chi connectivity index (χ0v) is 18.2. The number of methoxy groups -OCH3 is 1. The van der Waals surface area contributed by atoms with E-state index < -0.39 is 16.1 Å². The Hall–Kier alpha value is -2.59. The third-order valence-corrected chi connectivity index (χ3v) is 6.76. The Morgan fingerprint density at radius 1 is 1.10 bits per heavy atom. The predicted octanol–water partition coefficient (Wildman–Crippen LogP) is 5.42. The molecule has 0 saturated carbocycles. The van der Waals surface area contributed by atoms with E-state index in [0.29, 0.717) is 16.1 Å². The van der Waals surface area contributed by atoms with E-state index in [4.69, 9.17) is 31.8 Å². The summed E-state index contributed by atoms with van der Waals surface area (Å²) in [4.78, 5) is 15.8. The number of benzene rings is 2. The van der Waals surface area contributed by atoms with Gasteiger partial charge in [0, 0.05) is 16.1 Å². The quantitative estimate of drug-likeness (QED) is 0.276. The molecule has 0 saturated heterocycles. The summed E-state index contributed by atoms with van der Waals surface area (Å²) >= 11 is 13.0. The van der Waals surface area contributed by atoms with E-state index in [0.717, 1.165) is 18.4 Å². The van der Waals surface area contributed by atoms with Gasteiger partial charge in [-0.1, -0.05) is 23.2 Å². The van der Waals surface area contributed by atoms with Crippen molar-refractivity contribution in [3.05, 3.63) is 62.8 Å². The van der Waals surface area contributed by atoms with Gasteiger partial charge in [-0.15, -0.1) is 11.3 Å². The Balaban J connectivity index is 1.79. The number of thiophene rings is 1. The number of carbonyl (C=O) groups excluding carboxylic acids is 1. The minimum Gasteiger partial charge on any atom is -0.465 e. The second-order valence-electron chi connectivity index (χ2n) is 5.91. The molecule has 0 atom stereocenters. The summed E-state index contributed by atoms with van der Waals surface area (Å²) in [6, 6.07) is 10.6. The fraction of sp³-hybridized carbons (Fsp3) is 0.0526. The Kier molecular flexibility index (Phi) is 5.46. The molecular formula is C19H11Cl2NO6S2. The second kappa shape index (κ2) is 7.92. The first-order valence-corrected chi connectivity index (χ1v) is 11.3. The molecule has 2 aromatic carbocycles. The third-order valence-electron chi connectivity index (χ3n) is 3.99. The van der Waals surface area contributed by atoms with Gasteiger partial charge < -0.3 is 13.3 Å². The summed E-state index contributed by atoms with van der Waals surface area (Å²) in [7, 11) is -3.22. The van der Waals surface area contributed by atoms with Crippen LogP contribution in [0.1, 0.15) is 9.67 Å². The molecule has 154 valence electrons. The lowest BCUT2D eigenvalue weighted by Gasteiger charge is -2.10. The SMILES string of the molecule is COC(=O)c1sccc1S(=O)(=O)Oc1cc(Cl)ccc1-c1nc2cc(Cl)ccc2o1. The van der Waals surface area contributed by atoms with Crippen molar-refractivity contribution < 1.29 is 26.5 Å². The van der Waals surface area contributed by atoms with Gasteiger partial charge in [0.25, 0.3) is 0 Å². The van der Waals surface area contributed by atoms with Crippen LogP contribution in [-0.4, -0.2) is 26.5 Å². The molecular weight excluding hydrogens is 473 g/mol. The van der Waals surface area contributed by atoms with Gasteiger partial charge in [0.05, 0.1) is 12.7 Å². The van der Waals surface area contributed by atoms with Crippen molar-refractivity contribution in [2.75, 3.05) is 7.11 Å². The van der Waals surface area contributed by atoms with Crippen LogP contribution in [-0.2, 0) is 14.9 Å². The molecule has 0 unspecified atom stereocenters. The average molecular weight is 484 g/mol. The lowest BCUT2D eigenvalue weighted by molar-refractivity contribution is 0.0602. The number of oxazole rings is 1. The van der Waals surface area contributed by atoms with Crippen LogP contribution in [0.5, 0.6) is 5.75 Å². The molecule has 0 spiro atoms. The van der Waals surface area contributed by atoms with E-state index in [-0.39, 0.29) is 32.0 Å². The van der Waals surface area contributed by atoms with Gasteiger partial charge in [-0.2, -0.15) is 8.42 Å². The second-order valence-corrected chi connectivity index (χ2v) is 9.22. The fourth-order valence-electron chi connectivity index (χ4n) is 2.66. The highest BCUT2D eigenvalue weighted by atomic mass is 35.5. The van der Waals surface area contributed by atoms with Crippen LogP contribution < -0.4 is 4.18 Å². The first-order valence-electron chi connectivity index (χ1n) is 8.25. The number of ether oxygens (including phenoxy) is 1. The predicted molar refractivity (Wildman–Crippen MR) is 113 cm³/mol. The van der Waals surface area contributed by atoms with Gasteiger partial charge in [0.15, 0.2) is 11.3 Å². The van der Waals surface area contributed by atoms with E-state index in [1.807, 2.05) is 0 Å². The maximum absolute atomic E-state index is 12.9. The Bertz CT molecular complexity index is 1380. The number of esters is 1. The molecule has 11 heteroatoms. The van der Waals surface area contributed by atoms with Crippen LogP contribution in [0.3, 0.4) is 0 Å². The molecule has 0 aliphatic rings. The zero-order valence-electron chi connectivity index (χ0n) is 15.1. The van der Waals surface area contributed by atoms with Crippen molar-refractivity contribution in [1.29, 1.82) is 0 Å². The highest BCUT2D eigenvalue weighted by Crippen LogP contribution is 2.36. The van der Waals surface area contributed by atoms with Crippen LogP contribution in [0.25, 0.3) is 22.6 Å². The van der Waals surface area contributed by atoms with E-state index in [9.17, 15) is 13.2 Å². The summed E-state index contributed by atoms with van der Waals surface area (Å²) in [5.74, 6) is -0.774. The first kappa shape index (κ1) is 20.7. The molecule has 0 radical (unpaired) electrons. The summed E-state index contributed by atoms with van der Waals surface area (Å²) in [6.07, 6.45) is 0. The van der Waals surface area contributed by atoms with Gasteiger partial charge >= 0.3 is 16.1 Å². The monoisotopic (exact) mass is 483 g/mol. The minimum absolute atomic E-state index is 0.0995. The lowest BCUT2D eigenvalue weighted by Crippen LogP contribution is -2.13. The number of carbonyl (C=O) groups is 1. The maximum Gasteiger partial charge on any atom is 0.349 e. The van der Waals surface area contributed by atoms with Crippen molar-refractivity contribution in [3.8, 4) is 17.2 Å². The highest BCUT2D eigenvalue weighted by Gasteiger charge is 2.28. The van der Waals surface area contributed by atoms with Crippen molar-refractivity contribution in [2.45, 2.75) is 4.90 Å². The van der Waals surface area contributed by atoms with E-state index in [1.54, 1.807) is 24.3 Å². The maximum atomic E-state index is 12.9. The number of aromatic nitrogens is 1. The number of rotatable bonds is 5. The van der Waals surface area contributed by atoms with Crippen molar-refractivity contribution in [1.82, 2.24) is 4.98 Å². The van der Waals surface area contributed by atoms with Gasteiger partial charge in [0.2, 0.25) is 5.89 Å². The standard InChI is InChI=1S/C19H11Cl2NO6S2/c1-26-19(23)17-16(6-7-29-17)30(24,25)28-15-9-11(21)2-4-12(15)18-22-13-8-10(20)3-5-14(13)27-18/h2-9H,1H3. The Labute approximate surface area is 184 Å². The van der Waals surface area contributed by atoms with Gasteiger partial charge in [0.1, 0.15) is 15.3 Å². The summed E-state index contributed by atoms with van der Waals surface area (Å²) in [6.45, 7) is 0. The van der Waals surface area contributed by atoms with Crippen LogP contribution in [0.2, 0.25) is 10.0 Å². The molecule has 4 aromatic rings. The van der Waals surface area contributed by atoms with Crippen molar-refractivity contribution in [2.24, 2.45) is 0 Å². The summed E-state index contributed by atoms with van der Waals surface area (Å²) in [5, 5.41) is 2.17. The Morgan fingerprint density at radius 2 is 1.83 bits per heavy atom. The Morgan fingerprint density at radius 3 is 2.60 bits per heavy atom. The summed E-state index contributed by atoms with van der Waals surface area (Å²) in [5.41, 5.74) is 1.21. The number of nitrogens with zero attached hydrogens (tertiary/aromatic N) is 1. The van der Waals surface area contributed by atoms with Gasteiger partial charge in [-0.05, 0) is 41.8 Å². The molecule has 7 nitrogen and oxygen atoms in total. The average Bonchev–Trinajstić information content (AvgIpc) is 3.34. The topological polar surface area (TPSA) is 95.7 Å². The molecule has 30 heavy (non-hydrogen) atoms. The molecule has 0 aliphatic carbocycles. The number of fused-ring (bicyclic) bond motifs is 1. The third kappa shape index (κ3) is 3.89. The normalized spacial score (nSPS) is 11.6. The van der Waals surface area contributed by atoms with E-state index in [1.165, 1.54) is 23.6 Å². The smallest absolute Gasteiger partial charge is 0.349 e. The first-order chi connectivity index (χ1) is 14.3. The molecule has 0 amide bonds.